The van der Waals surface area contributed by atoms with Gasteiger partial charge in [-0.05, 0) is 55.5 Å². The van der Waals surface area contributed by atoms with E-state index in [4.69, 9.17) is 16.9 Å². The molecule has 3 rings (SSSR count). The van der Waals surface area contributed by atoms with E-state index in [1.807, 2.05) is 32.0 Å². The lowest BCUT2D eigenvalue weighted by Crippen LogP contribution is -2.45. The molecule has 0 aliphatic carbocycles. The summed E-state index contributed by atoms with van der Waals surface area (Å²) in [5, 5.41) is 20.2. The van der Waals surface area contributed by atoms with Gasteiger partial charge in [-0.2, -0.15) is 10.2 Å². The quantitative estimate of drug-likeness (QED) is 0.588. The number of hydrogen-bond acceptors (Lipinski definition) is 7. The molecule has 8 nitrogen and oxygen atoms in total. The van der Waals surface area contributed by atoms with Gasteiger partial charge in [0.05, 0.1) is 6.20 Å². The highest BCUT2D eigenvalue weighted by Crippen LogP contribution is 2.23. The fraction of sp³-hybridized carbons (Fsp3) is 0.478. The van der Waals surface area contributed by atoms with Crippen LogP contribution in [0.25, 0.3) is 0 Å². The average Bonchev–Trinajstić information content (AvgIpc) is 2.79. The normalized spacial score (nSPS) is 14.9. The van der Waals surface area contributed by atoms with Crippen LogP contribution in [-0.2, 0) is 6.54 Å². The number of piperidine rings is 1. The number of carbonyl (C=O) groups excluding carboxylic acids is 1. The van der Waals surface area contributed by atoms with Crippen molar-refractivity contribution >= 4 is 23.3 Å². The van der Waals surface area contributed by atoms with Crippen LogP contribution in [0.4, 0.5) is 5.82 Å². The maximum absolute atomic E-state index is 12.9. The minimum atomic E-state index is -0.283. The largest absolute Gasteiger partial charge is 0.396 e. The third kappa shape index (κ3) is 6.39. The Morgan fingerprint density at radius 2 is 2.03 bits per heavy atom. The molecule has 1 aromatic heterocycles. The van der Waals surface area contributed by atoms with Crippen molar-refractivity contribution in [1.82, 2.24) is 20.3 Å². The molecule has 0 unspecified atom stereocenters. The first-order valence-electron chi connectivity index (χ1n) is 10.8. The summed E-state index contributed by atoms with van der Waals surface area (Å²) in [6.07, 6.45) is 3.39. The standard InChI is InChI=1S/C23H29ClN6O2/c1-16(2)13-30(22-20(24)12-26-21(11-25)27-22)28-23(32)19-5-3-17(4-6-19)14-29-9-7-18(15-31)8-10-29/h3-6,12,16,18,31H,7-10,13-15H2,1-2H3,(H,28,32). The molecule has 32 heavy (non-hydrogen) atoms. The fourth-order valence-electron chi connectivity index (χ4n) is 3.69. The minimum absolute atomic E-state index is 0.0141. The number of likely N-dealkylation sites (tertiary alicyclic amines) is 1. The van der Waals surface area contributed by atoms with E-state index < -0.39 is 0 Å². The van der Waals surface area contributed by atoms with E-state index in [1.54, 1.807) is 17.1 Å². The lowest BCUT2D eigenvalue weighted by molar-refractivity contribution is 0.0947. The number of amides is 1. The van der Waals surface area contributed by atoms with Gasteiger partial charge in [-0.25, -0.2) is 4.98 Å². The molecule has 1 aliphatic rings. The molecule has 1 aromatic carbocycles. The Bertz CT molecular complexity index is 952. The van der Waals surface area contributed by atoms with Crippen LogP contribution in [0.2, 0.25) is 5.02 Å². The van der Waals surface area contributed by atoms with Gasteiger partial charge in [0.15, 0.2) is 5.82 Å². The lowest BCUT2D eigenvalue weighted by Gasteiger charge is -2.31. The molecular weight excluding hydrogens is 428 g/mol. The molecule has 0 bridgehead atoms. The summed E-state index contributed by atoms with van der Waals surface area (Å²) in [6, 6.07) is 9.44. The van der Waals surface area contributed by atoms with E-state index in [-0.39, 0.29) is 29.3 Å². The van der Waals surface area contributed by atoms with Crippen LogP contribution in [0, 0.1) is 23.2 Å². The number of aliphatic hydroxyl groups is 1. The Hall–Kier alpha value is -2.73. The van der Waals surface area contributed by atoms with Crippen LogP contribution in [0.5, 0.6) is 0 Å². The van der Waals surface area contributed by atoms with Crippen LogP contribution in [0.15, 0.2) is 30.5 Å². The number of benzene rings is 1. The predicted molar refractivity (Wildman–Crippen MR) is 123 cm³/mol. The first-order valence-corrected chi connectivity index (χ1v) is 11.2. The molecule has 2 N–H and O–H groups in total. The first kappa shape index (κ1) is 23.9. The third-order valence-corrected chi connectivity index (χ3v) is 5.72. The van der Waals surface area contributed by atoms with Gasteiger partial charge in [-0.15, -0.1) is 0 Å². The third-order valence-electron chi connectivity index (χ3n) is 5.45. The van der Waals surface area contributed by atoms with E-state index in [0.717, 1.165) is 38.0 Å². The van der Waals surface area contributed by atoms with Crippen LogP contribution >= 0.6 is 11.6 Å². The second kappa shape index (κ2) is 11.2. The second-order valence-corrected chi connectivity index (χ2v) is 8.93. The number of hydrogen-bond donors (Lipinski definition) is 2. The predicted octanol–water partition coefficient (Wildman–Crippen LogP) is 3.01. The first-order chi connectivity index (χ1) is 15.4. The monoisotopic (exact) mass is 456 g/mol. The average molecular weight is 457 g/mol. The van der Waals surface area contributed by atoms with E-state index >= 15 is 0 Å². The van der Waals surface area contributed by atoms with Gasteiger partial charge in [0, 0.05) is 25.3 Å². The van der Waals surface area contributed by atoms with Gasteiger partial charge >= 0.3 is 0 Å². The molecule has 0 atom stereocenters. The fourth-order valence-corrected chi connectivity index (χ4v) is 3.88. The zero-order chi connectivity index (χ0) is 23.1. The molecule has 1 aliphatic heterocycles. The Morgan fingerprint density at radius 1 is 1.34 bits per heavy atom. The number of aromatic nitrogens is 2. The molecule has 1 amide bonds. The van der Waals surface area contributed by atoms with Crippen molar-refractivity contribution in [1.29, 1.82) is 5.26 Å². The van der Waals surface area contributed by atoms with Crippen LogP contribution in [0.3, 0.4) is 0 Å². The second-order valence-electron chi connectivity index (χ2n) is 8.52. The summed E-state index contributed by atoms with van der Waals surface area (Å²) in [5.74, 6) is 0.625. The van der Waals surface area contributed by atoms with Gasteiger partial charge in [-0.1, -0.05) is 37.6 Å². The summed E-state index contributed by atoms with van der Waals surface area (Å²) in [4.78, 5) is 23.3. The van der Waals surface area contributed by atoms with E-state index in [0.29, 0.717) is 23.8 Å². The van der Waals surface area contributed by atoms with Crippen LogP contribution in [-0.4, -0.2) is 52.1 Å². The molecule has 1 fully saturated rings. The summed E-state index contributed by atoms with van der Waals surface area (Å²) in [6.45, 7) is 7.53. The summed E-state index contributed by atoms with van der Waals surface area (Å²) < 4.78 is 0. The molecule has 2 heterocycles. The number of hydrazine groups is 1. The minimum Gasteiger partial charge on any atom is -0.396 e. The number of halogens is 1. The molecular formula is C23H29ClN6O2. The highest BCUT2D eigenvalue weighted by molar-refractivity contribution is 6.32. The van der Waals surface area contributed by atoms with Crippen molar-refractivity contribution < 1.29 is 9.90 Å². The molecule has 9 heteroatoms. The van der Waals surface area contributed by atoms with E-state index in [1.165, 1.54) is 6.20 Å². The highest BCUT2D eigenvalue weighted by atomic mass is 35.5. The van der Waals surface area contributed by atoms with E-state index in [9.17, 15) is 9.90 Å². The Morgan fingerprint density at radius 3 is 2.62 bits per heavy atom. The van der Waals surface area contributed by atoms with E-state index in [2.05, 4.69) is 20.3 Å². The Labute approximate surface area is 193 Å². The van der Waals surface area contributed by atoms with Crippen molar-refractivity contribution in [2.24, 2.45) is 11.8 Å². The SMILES string of the molecule is CC(C)CN(NC(=O)c1ccc(CN2CCC(CO)CC2)cc1)c1nc(C#N)ncc1Cl. The maximum atomic E-state index is 12.9. The molecule has 170 valence electrons. The number of aliphatic hydroxyl groups excluding tert-OH is 1. The summed E-state index contributed by atoms with van der Waals surface area (Å²) in [5.41, 5.74) is 4.52. The van der Waals surface area contributed by atoms with Gasteiger partial charge in [0.1, 0.15) is 11.1 Å². The highest BCUT2D eigenvalue weighted by Gasteiger charge is 2.20. The van der Waals surface area contributed by atoms with Crippen molar-refractivity contribution in [3.63, 3.8) is 0 Å². The zero-order valence-corrected chi connectivity index (χ0v) is 19.2. The van der Waals surface area contributed by atoms with Gasteiger partial charge in [0.25, 0.3) is 5.91 Å². The topological polar surface area (TPSA) is 105 Å². The van der Waals surface area contributed by atoms with Crippen LogP contribution < -0.4 is 10.4 Å². The number of nitrogens with zero attached hydrogens (tertiary/aromatic N) is 5. The number of nitrogens with one attached hydrogen (secondary N) is 1. The summed E-state index contributed by atoms with van der Waals surface area (Å²) in [7, 11) is 0. The molecule has 1 saturated heterocycles. The number of nitriles is 1. The summed E-state index contributed by atoms with van der Waals surface area (Å²) >= 11 is 6.25. The van der Waals surface area contributed by atoms with Crippen LogP contribution in [0.1, 0.15) is 48.4 Å². The molecule has 2 aromatic rings. The molecule has 0 saturated carbocycles. The van der Waals surface area contributed by atoms with Crippen molar-refractivity contribution in [2.75, 3.05) is 31.3 Å². The van der Waals surface area contributed by atoms with Gasteiger partial charge in [0.2, 0.25) is 5.82 Å². The molecule has 0 spiro atoms. The Kier molecular flexibility index (Phi) is 8.39. The Balaban J connectivity index is 1.67. The number of anilines is 1. The zero-order valence-electron chi connectivity index (χ0n) is 18.5. The van der Waals surface area contributed by atoms with Crippen molar-refractivity contribution in [3.05, 3.63) is 52.4 Å². The number of carbonyl (C=O) groups is 1. The smallest absolute Gasteiger partial charge is 0.269 e. The van der Waals surface area contributed by atoms with Crippen molar-refractivity contribution in [2.45, 2.75) is 33.2 Å². The maximum Gasteiger partial charge on any atom is 0.269 e. The molecule has 0 radical (unpaired) electrons. The van der Waals surface area contributed by atoms with Gasteiger partial charge < -0.3 is 5.11 Å². The van der Waals surface area contributed by atoms with Crippen molar-refractivity contribution in [3.8, 4) is 6.07 Å². The number of rotatable bonds is 8. The lowest BCUT2D eigenvalue weighted by atomic mass is 9.97. The van der Waals surface area contributed by atoms with Gasteiger partial charge in [-0.3, -0.25) is 20.1 Å².